The first-order valence-electron chi connectivity index (χ1n) is 3.59. The van der Waals surface area contributed by atoms with Gasteiger partial charge >= 0.3 is 12.3 Å². The predicted octanol–water partition coefficient (Wildman–Crippen LogP) is 0.338. The SMILES string of the molecule is O=C(O)[C@H]1C[C@H](OC(F)(F)F)CN1. The summed E-state index contributed by atoms with van der Waals surface area (Å²) in [4.78, 5) is 10.3. The Bertz CT molecular complexity index is 206. The fourth-order valence-corrected chi connectivity index (χ4v) is 1.17. The lowest BCUT2D eigenvalue weighted by atomic mass is 10.2. The summed E-state index contributed by atoms with van der Waals surface area (Å²) in [5.41, 5.74) is 0. The average Bonchev–Trinajstić information content (AvgIpc) is 2.31. The molecule has 1 heterocycles. The Morgan fingerprint density at radius 1 is 1.54 bits per heavy atom. The van der Waals surface area contributed by atoms with Crippen LogP contribution in [0.5, 0.6) is 0 Å². The van der Waals surface area contributed by atoms with Crippen LogP contribution in [-0.2, 0) is 9.53 Å². The third-order valence-corrected chi connectivity index (χ3v) is 1.69. The molecule has 0 aromatic carbocycles. The molecular weight excluding hydrogens is 191 g/mol. The van der Waals surface area contributed by atoms with Gasteiger partial charge in [-0.1, -0.05) is 0 Å². The van der Waals surface area contributed by atoms with Crippen molar-refractivity contribution in [2.24, 2.45) is 0 Å². The zero-order valence-electron chi connectivity index (χ0n) is 6.47. The van der Waals surface area contributed by atoms with Crippen molar-refractivity contribution in [1.29, 1.82) is 0 Å². The Morgan fingerprint density at radius 3 is 2.54 bits per heavy atom. The minimum Gasteiger partial charge on any atom is -0.480 e. The van der Waals surface area contributed by atoms with E-state index < -0.39 is 24.5 Å². The molecule has 0 spiro atoms. The molecule has 1 rings (SSSR count). The van der Waals surface area contributed by atoms with Crippen LogP contribution >= 0.6 is 0 Å². The van der Waals surface area contributed by atoms with Gasteiger partial charge in [-0.3, -0.25) is 9.53 Å². The number of carbonyl (C=O) groups is 1. The topological polar surface area (TPSA) is 58.6 Å². The van der Waals surface area contributed by atoms with Crippen LogP contribution in [0.4, 0.5) is 13.2 Å². The van der Waals surface area contributed by atoms with E-state index in [0.717, 1.165) is 0 Å². The van der Waals surface area contributed by atoms with Crippen molar-refractivity contribution in [3.8, 4) is 0 Å². The van der Waals surface area contributed by atoms with Crippen molar-refractivity contribution in [1.82, 2.24) is 5.32 Å². The van der Waals surface area contributed by atoms with Crippen molar-refractivity contribution in [2.75, 3.05) is 6.54 Å². The molecule has 4 nitrogen and oxygen atoms in total. The Morgan fingerprint density at radius 2 is 2.15 bits per heavy atom. The summed E-state index contributed by atoms with van der Waals surface area (Å²) < 4.78 is 38.6. The zero-order valence-corrected chi connectivity index (χ0v) is 6.47. The van der Waals surface area contributed by atoms with Crippen molar-refractivity contribution in [3.63, 3.8) is 0 Å². The first kappa shape index (κ1) is 10.3. The monoisotopic (exact) mass is 199 g/mol. The van der Waals surface area contributed by atoms with Crippen molar-refractivity contribution >= 4 is 5.97 Å². The van der Waals surface area contributed by atoms with E-state index >= 15 is 0 Å². The van der Waals surface area contributed by atoms with Gasteiger partial charge in [0.2, 0.25) is 0 Å². The maximum Gasteiger partial charge on any atom is 0.522 e. The highest BCUT2D eigenvalue weighted by molar-refractivity contribution is 5.73. The number of alkyl halides is 3. The molecule has 1 aliphatic rings. The third-order valence-electron chi connectivity index (χ3n) is 1.69. The van der Waals surface area contributed by atoms with Gasteiger partial charge in [-0.2, -0.15) is 0 Å². The molecular formula is C6H8F3NO3. The standard InChI is InChI=1S/C6H8F3NO3/c7-6(8,9)13-3-1-4(5(11)12)10-2-3/h3-4,10H,1-2H2,(H,11,12)/t3-,4+/m0/s1. The Kier molecular flexibility index (Phi) is 2.77. The van der Waals surface area contributed by atoms with Gasteiger partial charge in [0.15, 0.2) is 0 Å². The molecule has 2 N–H and O–H groups in total. The Labute approximate surface area is 71.7 Å². The second-order valence-electron chi connectivity index (χ2n) is 2.72. The summed E-state index contributed by atoms with van der Waals surface area (Å²) in [5, 5.41) is 10.8. The number of halogens is 3. The number of carboxylic acids is 1. The molecule has 0 aromatic rings. The predicted molar refractivity (Wildman–Crippen MR) is 35.0 cm³/mol. The van der Waals surface area contributed by atoms with Crippen LogP contribution in [0.1, 0.15) is 6.42 Å². The molecule has 1 fully saturated rings. The summed E-state index contributed by atoms with van der Waals surface area (Å²) in [6.07, 6.45) is -5.95. The van der Waals surface area contributed by atoms with E-state index in [-0.39, 0.29) is 13.0 Å². The Hall–Kier alpha value is -0.820. The van der Waals surface area contributed by atoms with Gasteiger partial charge in [0.25, 0.3) is 0 Å². The normalized spacial score (nSPS) is 29.2. The van der Waals surface area contributed by atoms with Gasteiger partial charge < -0.3 is 10.4 Å². The number of rotatable bonds is 2. The molecule has 0 aliphatic carbocycles. The molecule has 76 valence electrons. The highest BCUT2D eigenvalue weighted by atomic mass is 19.4. The van der Waals surface area contributed by atoms with Crippen LogP contribution in [0.25, 0.3) is 0 Å². The molecule has 0 amide bonds. The van der Waals surface area contributed by atoms with Gasteiger partial charge in [-0.15, -0.1) is 13.2 Å². The maximum atomic E-state index is 11.6. The van der Waals surface area contributed by atoms with Crippen LogP contribution in [0, 0.1) is 0 Å². The van der Waals surface area contributed by atoms with E-state index in [1.54, 1.807) is 0 Å². The summed E-state index contributed by atoms with van der Waals surface area (Å²) in [6.45, 7) is -0.0868. The zero-order chi connectivity index (χ0) is 10.1. The van der Waals surface area contributed by atoms with E-state index in [4.69, 9.17) is 5.11 Å². The number of carboxylic acid groups (broad SMARTS) is 1. The first-order valence-corrected chi connectivity index (χ1v) is 3.59. The fourth-order valence-electron chi connectivity index (χ4n) is 1.17. The lowest BCUT2D eigenvalue weighted by molar-refractivity contribution is -0.340. The number of ether oxygens (including phenoxy) is 1. The lowest BCUT2D eigenvalue weighted by Gasteiger charge is -2.12. The highest BCUT2D eigenvalue weighted by Gasteiger charge is 2.38. The molecule has 0 radical (unpaired) electrons. The maximum absolute atomic E-state index is 11.6. The Balaban J connectivity index is 2.38. The number of nitrogens with one attached hydrogen (secondary N) is 1. The molecule has 1 aliphatic heterocycles. The van der Waals surface area contributed by atoms with Gasteiger partial charge in [-0.25, -0.2) is 0 Å². The lowest BCUT2D eigenvalue weighted by Crippen LogP contribution is -2.30. The molecule has 0 aromatic heterocycles. The summed E-state index contributed by atoms with van der Waals surface area (Å²) in [7, 11) is 0. The van der Waals surface area contributed by atoms with Gasteiger partial charge in [0, 0.05) is 13.0 Å². The smallest absolute Gasteiger partial charge is 0.480 e. The van der Waals surface area contributed by atoms with E-state index in [9.17, 15) is 18.0 Å². The number of hydrogen-bond donors (Lipinski definition) is 2. The van der Waals surface area contributed by atoms with E-state index in [1.165, 1.54) is 0 Å². The largest absolute Gasteiger partial charge is 0.522 e. The van der Waals surface area contributed by atoms with Crippen LogP contribution in [0.3, 0.4) is 0 Å². The van der Waals surface area contributed by atoms with Crippen molar-refractivity contribution in [2.45, 2.75) is 24.9 Å². The first-order chi connectivity index (χ1) is 5.88. The van der Waals surface area contributed by atoms with Gasteiger partial charge in [0.05, 0.1) is 6.10 Å². The minimum atomic E-state index is -4.69. The molecule has 7 heteroatoms. The second kappa shape index (κ2) is 3.51. The van der Waals surface area contributed by atoms with E-state index in [1.807, 2.05) is 0 Å². The molecule has 0 bridgehead atoms. The highest BCUT2D eigenvalue weighted by Crippen LogP contribution is 2.22. The molecule has 1 saturated heterocycles. The summed E-state index contributed by atoms with van der Waals surface area (Å²) in [5.74, 6) is -1.16. The minimum absolute atomic E-state index is 0.0868. The van der Waals surface area contributed by atoms with Gasteiger partial charge in [0.1, 0.15) is 6.04 Å². The molecule has 2 atom stereocenters. The van der Waals surface area contributed by atoms with E-state index in [0.29, 0.717) is 0 Å². The fraction of sp³-hybridized carbons (Fsp3) is 0.833. The van der Waals surface area contributed by atoms with Crippen molar-refractivity contribution in [3.05, 3.63) is 0 Å². The summed E-state index contributed by atoms with van der Waals surface area (Å²) in [6, 6.07) is -0.938. The van der Waals surface area contributed by atoms with Gasteiger partial charge in [-0.05, 0) is 0 Å². The van der Waals surface area contributed by atoms with Crippen LogP contribution in [0.2, 0.25) is 0 Å². The quantitative estimate of drug-likeness (QED) is 0.673. The molecule has 0 saturated carbocycles. The van der Waals surface area contributed by atoms with Crippen LogP contribution in [-0.4, -0.2) is 36.1 Å². The average molecular weight is 199 g/mol. The molecule has 0 unspecified atom stereocenters. The van der Waals surface area contributed by atoms with Crippen LogP contribution < -0.4 is 5.32 Å². The number of aliphatic carboxylic acids is 1. The van der Waals surface area contributed by atoms with Crippen molar-refractivity contribution < 1.29 is 27.8 Å². The third kappa shape index (κ3) is 3.19. The molecule has 13 heavy (non-hydrogen) atoms. The van der Waals surface area contributed by atoms with Crippen LogP contribution in [0.15, 0.2) is 0 Å². The summed E-state index contributed by atoms with van der Waals surface area (Å²) >= 11 is 0. The number of hydrogen-bond acceptors (Lipinski definition) is 3. The van der Waals surface area contributed by atoms with E-state index in [2.05, 4.69) is 10.1 Å². The second-order valence-corrected chi connectivity index (χ2v) is 2.72.